The zero-order valence-corrected chi connectivity index (χ0v) is 7.64. The van der Waals surface area contributed by atoms with E-state index in [0.717, 1.165) is 11.0 Å². The fourth-order valence-corrected chi connectivity index (χ4v) is 1.72. The first-order valence-corrected chi connectivity index (χ1v) is 4.81. The lowest BCUT2D eigenvalue weighted by Gasteiger charge is -1.95. The van der Waals surface area contributed by atoms with Crippen LogP contribution in [0.2, 0.25) is 0 Å². The van der Waals surface area contributed by atoms with Gasteiger partial charge in [-0.25, -0.2) is 0 Å². The van der Waals surface area contributed by atoms with E-state index < -0.39 is 0 Å². The van der Waals surface area contributed by atoms with Crippen LogP contribution in [0.4, 0.5) is 5.13 Å². The molecule has 0 unspecified atom stereocenters. The van der Waals surface area contributed by atoms with Gasteiger partial charge in [0.1, 0.15) is 5.01 Å². The van der Waals surface area contributed by atoms with E-state index in [1.54, 1.807) is 0 Å². The summed E-state index contributed by atoms with van der Waals surface area (Å²) >= 11 is 1.42. The highest BCUT2D eigenvalue weighted by atomic mass is 32.1. The van der Waals surface area contributed by atoms with Crippen molar-refractivity contribution in [1.82, 2.24) is 10.2 Å². The number of aliphatic hydroxyl groups is 1. The Labute approximate surface area is 74.6 Å². The fraction of sp³-hybridized carbons (Fsp3) is 0.714. The highest BCUT2D eigenvalue weighted by molar-refractivity contribution is 7.15. The van der Waals surface area contributed by atoms with E-state index in [1.807, 2.05) is 0 Å². The maximum atomic E-state index is 8.73. The van der Waals surface area contributed by atoms with Gasteiger partial charge in [0.25, 0.3) is 0 Å². The molecule has 5 heteroatoms. The molecule has 1 aromatic rings. The van der Waals surface area contributed by atoms with Gasteiger partial charge in [0, 0.05) is 6.04 Å². The van der Waals surface area contributed by atoms with Crippen molar-refractivity contribution in [2.24, 2.45) is 5.92 Å². The van der Waals surface area contributed by atoms with Crippen LogP contribution in [-0.4, -0.2) is 21.3 Å². The Morgan fingerprint density at radius 2 is 2.42 bits per heavy atom. The van der Waals surface area contributed by atoms with Gasteiger partial charge in [-0.3, -0.25) is 0 Å². The molecule has 2 rings (SSSR count). The minimum Gasteiger partial charge on any atom is -0.389 e. The number of aliphatic hydroxyl groups excluding tert-OH is 1. The Morgan fingerprint density at radius 1 is 1.67 bits per heavy atom. The van der Waals surface area contributed by atoms with Gasteiger partial charge in [-0.1, -0.05) is 18.3 Å². The van der Waals surface area contributed by atoms with Crippen molar-refractivity contribution in [2.75, 3.05) is 5.32 Å². The standard InChI is InChI=1S/C7H11N3OS/c1-4-2-5(4)8-7-10-9-6(3-11)12-7/h4-5,11H,2-3H2,1H3,(H,8,10)/t4-,5-/m1/s1. The smallest absolute Gasteiger partial charge is 0.205 e. The summed E-state index contributed by atoms with van der Waals surface area (Å²) in [5.74, 6) is 0.756. The Bertz CT molecular complexity index is 275. The number of aromatic nitrogens is 2. The third-order valence-corrected chi connectivity index (χ3v) is 2.86. The van der Waals surface area contributed by atoms with Gasteiger partial charge < -0.3 is 10.4 Å². The first-order chi connectivity index (χ1) is 5.79. The van der Waals surface area contributed by atoms with Crippen LogP contribution in [0.1, 0.15) is 18.4 Å². The Kier molecular flexibility index (Phi) is 1.98. The molecule has 1 heterocycles. The molecule has 0 aliphatic heterocycles. The van der Waals surface area contributed by atoms with Crippen molar-refractivity contribution in [3.8, 4) is 0 Å². The second-order valence-electron chi connectivity index (χ2n) is 3.12. The summed E-state index contributed by atoms with van der Waals surface area (Å²) < 4.78 is 0. The normalized spacial score (nSPS) is 27.2. The lowest BCUT2D eigenvalue weighted by molar-refractivity contribution is 0.280. The van der Waals surface area contributed by atoms with Crippen LogP contribution in [0.5, 0.6) is 0 Å². The average Bonchev–Trinajstić information content (AvgIpc) is 2.61. The molecule has 0 amide bonds. The zero-order valence-electron chi connectivity index (χ0n) is 6.82. The molecule has 1 aliphatic rings. The van der Waals surface area contributed by atoms with Crippen molar-refractivity contribution >= 4 is 16.5 Å². The predicted molar refractivity (Wildman–Crippen MR) is 47.0 cm³/mol. The van der Waals surface area contributed by atoms with Crippen molar-refractivity contribution in [2.45, 2.75) is 26.0 Å². The van der Waals surface area contributed by atoms with E-state index in [4.69, 9.17) is 5.11 Å². The second kappa shape index (κ2) is 2.99. The summed E-state index contributed by atoms with van der Waals surface area (Å²) in [6.07, 6.45) is 1.22. The van der Waals surface area contributed by atoms with E-state index >= 15 is 0 Å². The van der Waals surface area contributed by atoms with E-state index in [9.17, 15) is 0 Å². The van der Waals surface area contributed by atoms with Crippen LogP contribution in [0.3, 0.4) is 0 Å². The molecular weight excluding hydrogens is 174 g/mol. The molecule has 1 saturated carbocycles. The van der Waals surface area contributed by atoms with Crippen LogP contribution < -0.4 is 5.32 Å². The summed E-state index contributed by atoms with van der Waals surface area (Å²) in [5.41, 5.74) is 0. The van der Waals surface area contributed by atoms with Crippen LogP contribution in [-0.2, 0) is 6.61 Å². The molecule has 1 fully saturated rings. The Hall–Kier alpha value is -0.680. The molecule has 0 saturated heterocycles. The van der Waals surface area contributed by atoms with E-state index in [2.05, 4.69) is 22.4 Å². The summed E-state index contributed by atoms with van der Waals surface area (Å²) in [6.45, 7) is 2.19. The molecule has 0 aromatic carbocycles. The summed E-state index contributed by atoms with van der Waals surface area (Å²) in [6, 6.07) is 0.574. The Morgan fingerprint density at radius 3 is 2.92 bits per heavy atom. The highest BCUT2D eigenvalue weighted by Crippen LogP contribution is 2.33. The van der Waals surface area contributed by atoms with Gasteiger partial charge in [-0.2, -0.15) is 0 Å². The van der Waals surface area contributed by atoms with Crippen LogP contribution >= 0.6 is 11.3 Å². The molecule has 12 heavy (non-hydrogen) atoms. The van der Waals surface area contributed by atoms with E-state index in [0.29, 0.717) is 11.0 Å². The minimum absolute atomic E-state index is 0.0143. The lowest BCUT2D eigenvalue weighted by atomic mass is 10.5. The molecule has 0 bridgehead atoms. The number of nitrogens with zero attached hydrogens (tertiary/aromatic N) is 2. The van der Waals surface area contributed by atoms with Gasteiger partial charge in [0.15, 0.2) is 0 Å². The first-order valence-electron chi connectivity index (χ1n) is 3.99. The lowest BCUT2D eigenvalue weighted by Crippen LogP contribution is -2.02. The van der Waals surface area contributed by atoms with Gasteiger partial charge >= 0.3 is 0 Å². The quantitative estimate of drug-likeness (QED) is 0.733. The maximum absolute atomic E-state index is 8.73. The van der Waals surface area contributed by atoms with Gasteiger partial charge in [-0.15, -0.1) is 10.2 Å². The number of nitrogens with one attached hydrogen (secondary N) is 1. The first kappa shape index (κ1) is 7.94. The molecule has 0 spiro atoms. The van der Waals surface area contributed by atoms with Crippen molar-refractivity contribution in [1.29, 1.82) is 0 Å². The third-order valence-electron chi connectivity index (χ3n) is 2.02. The molecule has 1 aliphatic carbocycles. The van der Waals surface area contributed by atoms with Gasteiger partial charge in [0.2, 0.25) is 5.13 Å². The summed E-state index contributed by atoms with van der Waals surface area (Å²) in [5, 5.41) is 21.2. The third kappa shape index (κ3) is 1.56. The van der Waals surface area contributed by atoms with E-state index in [-0.39, 0.29) is 6.61 Å². The van der Waals surface area contributed by atoms with Crippen molar-refractivity contribution in [3.05, 3.63) is 5.01 Å². The number of anilines is 1. The SMILES string of the molecule is C[C@@H]1C[C@H]1Nc1nnc(CO)s1. The molecule has 2 atom stereocenters. The molecule has 2 N–H and O–H groups in total. The van der Waals surface area contributed by atoms with Crippen molar-refractivity contribution < 1.29 is 5.11 Å². The summed E-state index contributed by atoms with van der Waals surface area (Å²) in [4.78, 5) is 0. The van der Waals surface area contributed by atoms with E-state index in [1.165, 1.54) is 17.8 Å². The largest absolute Gasteiger partial charge is 0.389 e. The molecule has 0 radical (unpaired) electrons. The topological polar surface area (TPSA) is 58.0 Å². The second-order valence-corrected chi connectivity index (χ2v) is 4.18. The van der Waals surface area contributed by atoms with Crippen LogP contribution in [0.15, 0.2) is 0 Å². The summed E-state index contributed by atoms with van der Waals surface area (Å²) in [7, 11) is 0. The van der Waals surface area contributed by atoms with Crippen LogP contribution in [0, 0.1) is 5.92 Å². The Balaban J connectivity index is 1.95. The molecule has 66 valence electrons. The number of rotatable bonds is 3. The minimum atomic E-state index is -0.0143. The highest BCUT2D eigenvalue weighted by Gasteiger charge is 2.33. The number of hydrogen-bond acceptors (Lipinski definition) is 5. The number of hydrogen-bond donors (Lipinski definition) is 2. The zero-order chi connectivity index (χ0) is 8.55. The van der Waals surface area contributed by atoms with Gasteiger partial charge in [-0.05, 0) is 12.3 Å². The molecule has 1 aromatic heterocycles. The monoisotopic (exact) mass is 185 g/mol. The fourth-order valence-electron chi connectivity index (χ4n) is 1.06. The van der Waals surface area contributed by atoms with Crippen LogP contribution in [0.25, 0.3) is 0 Å². The van der Waals surface area contributed by atoms with Gasteiger partial charge in [0.05, 0.1) is 6.61 Å². The van der Waals surface area contributed by atoms with Crippen molar-refractivity contribution in [3.63, 3.8) is 0 Å². The predicted octanol–water partition coefficient (Wildman–Crippen LogP) is 0.851. The maximum Gasteiger partial charge on any atom is 0.205 e. The molecular formula is C7H11N3OS. The molecule has 4 nitrogen and oxygen atoms in total. The average molecular weight is 185 g/mol.